The van der Waals surface area contributed by atoms with Crippen LogP contribution in [-0.4, -0.2) is 61.4 Å². The average Bonchev–Trinajstić information content (AvgIpc) is 3.21. The van der Waals surface area contributed by atoms with Crippen LogP contribution < -0.4 is 9.64 Å². The van der Waals surface area contributed by atoms with Crippen LogP contribution in [0.3, 0.4) is 0 Å². The number of methoxy groups -OCH3 is 1. The molecule has 6 nitrogen and oxygen atoms in total. The van der Waals surface area contributed by atoms with Gasteiger partial charge in [-0.15, -0.1) is 0 Å². The lowest BCUT2D eigenvalue weighted by atomic mass is 9.92. The van der Waals surface area contributed by atoms with Crippen LogP contribution >= 0.6 is 0 Å². The lowest BCUT2D eigenvalue weighted by Crippen LogP contribution is -2.54. The Morgan fingerprint density at radius 1 is 0.927 bits per heavy atom. The van der Waals surface area contributed by atoms with Crippen molar-refractivity contribution in [1.29, 1.82) is 0 Å². The Kier molecular flexibility index (Phi) is 8.58. The molecular formula is C35H39N3O3. The maximum absolute atomic E-state index is 13.6. The van der Waals surface area contributed by atoms with Crippen molar-refractivity contribution in [2.45, 2.75) is 33.6 Å². The fourth-order valence-corrected chi connectivity index (χ4v) is 5.66. The molecular weight excluding hydrogens is 510 g/mol. The van der Waals surface area contributed by atoms with E-state index in [0.29, 0.717) is 18.8 Å². The molecule has 0 saturated carbocycles. The van der Waals surface area contributed by atoms with E-state index in [0.717, 1.165) is 36.3 Å². The molecule has 0 bridgehead atoms. The largest absolute Gasteiger partial charge is 0.497 e. The van der Waals surface area contributed by atoms with Crippen LogP contribution in [0.25, 0.3) is 11.3 Å². The molecule has 41 heavy (non-hydrogen) atoms. The Morgan fingerprint density at radius 2 is 1.71 bits per heavy atom. The Bertz CT molecular complexity index is 1490. The Hall–Kier alpha value is -4.32. The Labute approximate surface area is 243 Å². The van der Waals surface area contributed by atoms with E-state index in [-0.39, 0.29) is 24.9 Å². The zero-order chi connectivity index (χ0) is 28.9. The maximum Gasteiger partial charge on any atom is 0.246 e. The predicted octanol–water partition coefficient (Wildman–Crippen LogP) is 5.88. The van der Waals surface area contributed by atoms with Crippen LogP contribution in [0.15, 0.2) is 78.9 Å². The molecule has 5 rings (SSSR count). The highest BCUT2D eigenvalue weighted by Gasteiger charge is 2.30. The normalized spacial score (nSPS) is 15.8. The summed E-state index contributed by atoms with van der Waals surface area (Å²) in [5.41, 5.74) is 9.28. The average molecular weight is 550 g/mol. The number of hydrogen-bond donors (Lipinski definition) is 0. The molecule has 2 amide bonds. The number of carbonyl (C=O) groups is 2. The summed E-state index contributed by atoms with van der Waals surface area (Å²) in [5.74, 6) is 0.586. The van der Waals surface area contributed by atoms with Crippen LogP contribution in [0.4, 0.5) is 5.69 Å². The number of rotatable bonds is 7. The first kappa shape index (κ1) is 28.2. The summed E-state index contributed by atoms with van der Waals surface area (Å²) in [5, 5.41) is 0. The van der Waals surface area contributed by atoms with Crippen LogP contribution in [0.1, 0.15) is 41.2 Å². The fraction of sp³-hybridized carbons (Fsp3) is 0.314. The van der Waals surface area contributed by atoms with Crippen molar-refractivity contribution in [1.82, 2.24) is 9.80 Å². The van der Waals surface area contributed by atoms with Gasteiger partial charge in [0, 0.05) is 37.1 Å². The molecule has 2 heterocycles. The first-order valence-electron chi connectivity index (χ1n) is 14.4. The van der Waals surface area contributed by atoms with E-state index in [1.54, 1.807) is 16.9 Å². The van der Waals surface area contributed by atoms with Crippen molar-refractivity contribution in [2.75, 3.05) is 44.7 Å². The van der Waals surface area contributed by atoms with Gasteiger partial charge in [0.1, 0.15) is 12.3 Å². The van der Waals surface area contributed by atoms with E-state index in [9.17, 15) is 9.59 Å². The van der Waals surface area contributed by atoms with Crippen molar-refractivity contribution in [3.8, 4) is 5.75 Å². The second kappa shape index (κ2) is 12.5. The molecule has 1 fully saturated rings. The molecule has 0 aliphatic carbocycles. The minimum atomic E-state index is -0.0849. The molecule has 0 unspecified atom stereocenters. The van der Waals surface area contributed by atoms with Gasteiger partial charge in [-0.25, -0.2) is 0 Å². The minimum Gasteiger partial charge on any atom is -0.497 e. The highest BCUT2D eigenvalue weighted by Crippen LogP contribution is 2.32. The fourth-order valence-electron chi connectivity index (χ4n) is 5.66. The Morgan fingerprint density at radius 3 is 2.44 bits per heavy atom. The van der Waals surface area contributed by atoms with E-state index in [1.165, 1.54) is 27.8 Å². The number of aryl methyl sites for hydroxylation is 3. The van der Waals surface area contributed by atoms with Crippen LogP contribution in [0.2, 0.25) is 0 Å². The van der Waals surface area contributed by atoms with Gasteiger partial charge < -0.3 is 19.4 Å². The highest BCUT2D eigenvalue weighted by atomic mass is 16.5. The Balaban J connectivity index is 1.37. The summed E-state index contributed by atoms with van der Waals surface area (Å²) in [6.45, 7) is 8.50. The molecule has 0 N–H and O–H groups in total. The number of ether oxygens (including phenoxy) is 1. The molecule has 6 heteroatoms. The van der Waals surface area contributed by atoms with Gasteiger partial charge in [0.25, 0.3) is 0 Å². The molecule has 3 aromatic carbocycles. The van der Waals surface area contributed by atoms with Gasteiger partial charge in [-0.3, -0.25) is 9.59 Å². The van der Waals surface area contributed by atoms with Gasteiger partial charge in [0.05, 0.1) is 13.7 Å². The second-order valence-corrected chi connectivity index (χ2v) is 10.8. The van der Waals surface area contributed by atoms with E-state index >= 15 is 0 Å². The van der Waals surface area contributed by atoms with Crippen molar-refractivity contribution in [3.63, 3.8) is 0 Å². The number of hydrogen-bond acceptors (Lipinski definition) is 4. The van der Waals surface area contributed by atoms with Gasteiger partial charge >= 0.3 is 0 Å². The van der Waals surface area contributed by atoms with Crippen LogP contribution in [0.5, 0.6) is 5.75 Å². The molecule has 2 aliphatic rings. The minimum absolute atomic E-state index is 0.0330. The monoisotopic (exact) mass is 549 g/mol. The van der Waals surface area contributed by atoms with Gasteiger partial charge in [-0.1, -0.05) is 61.5 Å². The molecule has 0 aromatic heterocycles. The first-order valence-corrected chi connectivity index (χ1v) is 14.4. The van der Waals surface area contributed by atoms with E-state index in [1.807, 2.05) is 42.5 Å². The molecule has 212 valence electrons. The molecule has 1 saturated heterocycles. The number of piperazine rings is 1. The van der Waals surface area contributed by atoms with E-state index in [2.05, 4.69) is 62.1 Å². The molecule has 0 radical (unpaired) electrons. The van der Waals surface area contributed by atoms with E-state index in [4.69, 9.17) is 4.74 Å². The number of anilines is 1. The van der Waals surface area contributed by atoms with Gasteiger partial charge in [0.15, 0.2) is 0 Å². The smallest absolute Gasteiger partial charge is 0.246 e. The van der Waals surface area contributed by atoms with Gasteiger partial charge in [0.2, 0.25) is 11.8 Å². The summed E-state index contributed by atoms with van der Waals surface area (Å²) < 4.78 is 5.32. The number of allylic oxidation sites excluding steroid dienone is 2. The third kappa shape index (κ3) is 6.22. The summed E-state index contributed by atoms with van der Waals surface area (Å²) in [6.07, 6.45) is 6.33. The molecule has 2 aliphatic heterocycles. The molecule has 0 spiro atoms. The lowest BCUT2D eigenvalue weighted by Gasteiger charge is -2.36. The van der Waals surface area contributed by atoms with Crippen molar-refractivity contribution >= 4 is 28.8 Å². The number of nitrogens with zero attached hydrogens (tertiary/aromatic N) is 3. The summed E-state index contributed by atoms with van der Waals surface area (Å²) in [6, 6.07) is 22.4. The maximum atomic E-state index is 13.6. The topological polar surface area (TPSA) is 53.1 Å². The number of amides is 2. The van der Waals surface area contributed by atoms with Gasteiger partial charge in [-0.05, 0) is 78.3 Å². The lowest BCUT2D eigenvalue weighted by molar-refractivity contribution is -0.137. The van der Waals surface area contributed by atoms with Crippen molar-refractivity contribution < 1.29 is 14.3 Å². The molecule has 3 aromatic rings. The standard InChI is InChI=1S/C35H39N3O3/c1-5-27-19-25(2)26(3)20-32(27)29-13-10-16-36(33(21-29)28-11-7-6-8-12-28)23-34(39)37-17-18-38(35(40)24-37)30-14-9-15-31(22-30)41-4/h6-9,11-15,19-22H,5,10,16-18,23-24H2,1-4H3. The van der Waals surface area contributed by atoms with E-state index < -0.39 is 0 Å². The number of benzene rings is 3. The molecule has 0 atom stereocenters. The third-order valence-electron chi connectivity index (χ3n) is 8.14. The summed E-state index contributed by atoms with van der Waals surface area (Å²) in [7, 11) is 1.61. The van der Waals surface area contributed by atoms with Crippen molar-refractivity contribution in [3.05, 3.63) is 107 Å². The third-order valence-corrected chi connectivity index (χ3v) is 8.14. The summed E-state index contributed by atoms with van der Waals surface area (Å²) >= 11 is 0. The van der Waals surface area contributed by atoms with Crippen LogP contribution in [-0.2, 0) is 16.0 Å². The zero-order valence-electron chi connectivity index (χ0n) is 24.5. The van der Waals surface area contributed by atoms with Crippen LogP contribution in [0, 0.1) is 13.8 Å². The SMILES string of the molecule is CCc1cc(C)c(C)cc1C1=CCCN(CC(=O)N2CCN(c3cccc(OC)c3)C(=O)C2)C(c2ccccc2)=C1. The summed E-state index contributed by atoms with van der Waals surface area (Å²) in [4.78, 5) is 32.3. The van der Waals surface area contributed by atoms with Crippen molar-refractivity contribution in [2.24, 2.45) is 0 Å². The first-order chi connectivity index (χ1) is 19.9. The number of carbonyl (C=O) groups excluding carboxylic acids is 2. The van der Waals surface area contributed by atoms with Gasteiger partial charge in [-0.2, -0.15) is 0 Å². The second-order valence-electron chi connectivity index (χ2n) is 10.8. The predicted molar refractivity (Wildman–Crippen MR) is 166 cm³/mol. The quantitative estimate of drug-likeness (QED) is 0.369. The highest BCUT2D eigenvalue weighted by molar-refractivity contribution is 5.98. The zero-order valence-corrected chi connectivity index (χ0v) is 24.5.